The highest BCUT2D eigenvalue weighted by atomic mass is 19.1. The largest absolute Gasteiger partial charge is 0.459 e. The van der Waals surface area contributed by atoms with E-state index in [-0.39, 0.29) is 11.5 Å². The van der Waals surface area contributed by atoms with E-state index < -0.39 is 34.6 Å². The number of halogens is 2. The van der Waals surface area contributed by atoms with Crippen LogP contribution in [-0.2, 0) is 9.53 Å². The lowest BCUT2D eigenvalue weighted by atomic mass is 9.77. The topological polar surface area (TPSA) is 54.1 Å². The van der Waals surface area contributed by atoms with Crippen molar-refractivity contribution in [1.82, 2.24) is 4.98 Å². The summed E-state index contributed by atoms with van der Waals surface area (Å²) in [4.78, 5) is 15.7. The number of hydrogen-bond donors (Lipinski definition) is 2. The lowest BCUT2D eigenvalue weighted by molar-refractivity contribution is -0.162. The van der Waals surface area contributed by atoms with Gasteiger partial charge in [0, 0.05) is 28.9 Å². The zero-order chi connectivity index (χ0) is 22.7. The van der Waals surface area contributed by atoms with E-state index in [1.54, 1.807) is 39.1 Å². The first-order valence-electron chi connectivity index (χ1n) is 10.5. The summed E-state index contributed by atoms with van der Waals surface area (Å²) >= 11 is 0. The van der Waals surface area contributed by atoms with Gasteiger partial charge in [0.15, 0.2) is 0 Å². The molecule has 0 amide bonds. The van der Waals surface area contributed by atoms with E-state index in [1.165, 1.54) is 6.07 Å². The molecule has 1 aliphatic rings. The number of carbonyl (C=O) groups is 1. The van der Waals surface area contributed by atoms with Gasteiger partial charge in [0.2, 0.25) is 0 Å². The fourth-order valence-corrected chi connectivity index (χ4v) is 4.46. The molecular weight excluding hydrogens is 398 g/mol. The molecule has 2 heterocycles. The number of fused-ring (bicyclic) bond motifs is 2. The molecule has 2 atom stereocenters. The molecule has 0 radical (unpaired) electrons. The van der Waals surface area contributed by atoms with E-state index in [2.05, 4.69) is 10.3 Å². The highest BCUT2D eigenvalue weighted by Gasteiger charge is 2.45. The average Bonchev–Trinajstić information content (AvgIpc) is 3.12. The number of anilines is 1. The molecular formula is C25H28F2N2O2. The second kappa shape index (κ2) is 7.08. The predicted octanol–water partition coefficient (Wildman–Crippen LogP) is 6.38. The van der Waals surface area contributed by atoms with Gasteiger partial charge >= 0.3 is 5.97 Å². The van der Waals surface area contributed by atoms with Crippen LogP contribution in [0.25, 0.3) is 22.0 Å². The van der Waals surface area contributed by atoms with E-state index in [0.29, 0.717) is 22.3 Å². The Balaban J connectivity index is 1.86. The minimum Gasteiger partial charge on any atom is -0.459 e. The quantitative estimate of drug-likeness (QED) is 0.468. The Hall–Kier alpha value is -2.89. The molecule has 3 aromatic rings. The van der Waals surface area contributed by atoms with Crippen molar-refractivity contribution in [2.24, 2.45) is 5.41 Å². The van der Waals surface area contributed by atoms with Crippen molar-refractivity contribution >= 4 is 22.6 Å². The summed E-state index contributed by atoms with van der Waals surface area (Å²) in [5.74, 6) is -2.11. The summed E-state index contributed by atoms with van der Waals surface area (Å²) < 4.78 is 37.0. The molecule has 4 rings (SSSR count). The molecule has 0 saturated carbocycles. The molecule has 0 unspecified atom stereocenters. The molecule has 1 aromatic heterocycles. The zero-order valence-corrected chi connectivity index (χ0v) is 18.7. The molecule has 31 heavy (non-hydrogen) atoms. The number of hydrogen-bond acceptors (Lipinski definition) is 3. The first-order chi connectivity index (χ1) is 14.4. The molecule has 164 valence electrons. The van der Waals surface area contributed by atoms with E-state index in [0.717, 1.165) is 5.39 Å². The standard InChI is InChI=1S/C25H28F2N2O2/c1-13-18-17(29-25(5,6)22(13)31-23(30)24(2,3)4)12-16(26)19(20(18)27)15-9-7-8-14-10-11-28-21(14)15/h7-13,22,28-29H,1-6H3/t13-,22+/m1/s1. The molecule has 0 aliphatic carbocycles. The Morgan fingerprint density at radius 1 is 1.16 bits per heavy atom. The number of nitrogens with one attached hydrogen (secondary N) is 2. The molecule has 2 N–H and O–H groups in total. The van der Waals surface area contributed by atoms with Crippen molar-refractivity contribution in [1.29, 1.82) is 0 Å². The van der Waals surface area contributed by atoms with Gasteiger partial charge in [-0.15, -0.1) is 0 Å². The molecule has 2 aromatic carbocycles. The monoisotopic (exact) mass is 426 g/mol. The number of rotatable bonds is 2. The summed E-state index contributed by atoms with van der Waals surface area (Å²) in [6.07, 6.45) is 1.12. The maximum Gasteiger partial charge on any atom is 0.311 e. The van der Waals surface area contributed by atoms with Crippen LogP contribution in [-0.4, -0.2) is 22.6 Å². The van der Waals surface area contributed by atoms with Crippen LogP contribution >= 0.6 is 0 Å². The van der Waals surface area contributed by atoms with Gasteiger partial charge in [-0.05, 0) is 52.1 Å². The average molecular weight is 427 g/mol. The SMILES string of the molecule is C[C@@H]1c2c(cc(F)c(-c3cccc4cc[nH]c34)c2F)NC(C)(C)[C@H]1OC(=O)C(C)(C)C. The van der Waals surface area contributed by atoms with Crippen molar-refractivity contribution in [2.45, 2.75) is 59.1 Å². The summed E-state index contributed by atoms with van der Waals surface area (Å²) in [6, 6.07) is 8.58. The van der Waals surface area contributed by atoms with E-state index >= 15 is 8.78 Å². The van der Waals surface area contributed by atoms with Crippen LogP contribution in [0, 0.1) is 17.0 Å². The summed E-state index contributed by atoms with van der Waals surface area (Å²) in [7, 11) is 0. The molecule has 0 spiro atoms. The first kappa shape index (κ1) is 21.3. The van der Waals surface area contributed by atoms with Crippen LogP contribution in [0.2, 0.25) is 0 Å². The molecule has 0 bridgehead atoms. The van der Waals surface area contributed by atoms with Crippen LogP contribution in [0.5, 0.6) is 0 Å². The second-order valence-electron chi connectivity index (χ2n) is 9.97. The van der Waals surface area contributed by atoms with Gasteiger partial charge in [0.1, 0.15) is 17.7 Å². The van der Waals surface area contributed by atoms with Crippen molar-refractivity contribution in [3.05, 3.63) is 53.7 Å². The van der Waals surface area contributed by atoms with Gasteiger partial charge in [-0.2, -0.15) is 0 Å². The first-order valence-corrected chi connectivity index (χ1v) is 10.5. The van der Waals surface area contributed by atoms with Gasteiger partial charge in [-0.3, -0.25) is 4.79 Å². The molecule has 1 aliphatic heterocycles. The van der Waals surface area contributed by atoms with Crippen molar-refractivity contribution in [3.63, 3.8) is 0 Å². The van der Waals surface area contributed by atoms with Gasteiger partial charge in [-0.1, -0.05) is 25.1 Å². The third kappa shape index (κ3) is 3.48. The molecule has 0 fully saturated rings. The Morgan fingerprint density at radius 2 is 1.87 bits per heavy atom. The van der Waals surface area contributed by atoms with Crippen molar-refractivity contribution in [3.8, 4) is 11.1 Å². The smallest absolute Gasteiger partial charge is 0.311 e. The zero-order valence-electron chi connectivity index (χ0n) is 18.7. The normalized spacial score (nSPS) is 20.3. The minimum atomic E-state index is -0.701. The van der Waals surface area contributed by atoms with Crippen LogP contribution in [0.15, 0.2) is 36.5 Å². The number of aromatic amines is 1. The second-order valence-corrected chi connectivity index (χ2v) is 9.97. The van der Waals surface area contributed by atoms with E-state index in [4.69, 9.17) is 4.74 Å². The number of carbonyl (C=O) groups excluding carboxylic acids is 1. The van der Waals surface area contributed by atoms with Crippen LogP contribution in [0.3, 0.4) is 0 Å². The number of aromatic nitrogens is 1. The van der Waals surface area contributed by atoms with Crippen molar-refractivity contribution < 1.29 is 18.3 Å². The number of esters is 1. The number of H-pyrrole nitrogens is 1. The Labute approximate surface area is 181 Å². The highest BCUT2D eigenvalue weighted by Crippen LogP contribution is 2.46. The van der Waals surface area contributed by atoms with Crippen LogP contribution in [0.4, 0.5) is 14.5 Å². The van der Waals surface area contributed by atoms with Gasteiger partial charge in [0.05, 0.1) is 22.0 Å². The maximum atomic E-state index is 15.9. The fourth-order valence-electron chi connectivity index (χ4n) is 4.46. The Kier molecular flexibility index (Phi) is 4.87. The third-order valence-electron chi connectivity index (χ3n) is 6.04. The van der Waals surface area contributed by atoms with E-state index in [9.17, 15) is 4.79 Å². The minimum absolute atomic E-state index is 0.0824. The number of ether oxygens (including phenoxy) is 1. The highest BCUT2D eigenvalue weighted by molar-refractivity contribution is 5.95. The Morgan fingerprint density at radius 3 is 2.55 bits per heavy atom. The van der Waals surface area contributed by atoms with Gasteiger partial charge < -0.3 is 15.0 Å². The lowest BCUT2D eigenvalue weighted by Gasteiger charge is -2.45. The maximum absolute atomic E-state index is 15.9. The molecule has 0 saturated heterocycles. The third-order valence-corrected chi connectivity index (χ3v) is 6.04. The Bertz CT molecular complexity index is 1170. The predicted molar refractivity (Wildman–Crippen MR) is 119 cm³/mol. The number of benzene rings is 2. The van der Waals surface area contributed by atoms with Crippen LogP contribution in [0.1, 0.15) is 53.0 Å². The summed E-state index contributed by atoms with van der Waals surface area (Å²) in [6.45, 7) is 10.9. The van der Waals surface area contributed by atoms with Crippen molar-refractivity contribution in [2.75, 3.05) is 5.32 Å². The fraction of sp³-hybridized carbons (Fsp3) is 0.400. The number of para-hydroxylation sites is 1. The molecule has 6 heteroatoms. The van der Waals surface area contributed by atoms with Gasteiger partial charge in [-0.25, -0.2) is 8.78 Å². The summed E-state index contributed by atoms with van der Waals surface area (Å²) in [5, 5.41) is 4.07. The lowest BCUT2D eigenvalue weighted by Crippen LogP contribution is -2.53. The van der Waals surface area contributed by atoms with E-state index in [1.807, 2.05) is 32.9 Å². The van der Waals surface area contributed by atoms with Crippen LogP contribution < -0.4 is 5.32 Å². The van der Waals surface area contributed by atoms with Gasteiger partial charge in [0.25, 0.3) is 0 Å². The molecule has 4 nitrogen and oxygen atoms in total. The summed E-state index contributed by atoms with van der Waals surface area (Å²) in [5.41, 5.74) is 0.372.